The number of hydrogen-bond acceptors (Lipinski definition) is 3. The molecule has 0 aromatic heterocycles. The fourth-order valence-corrected chi connectivity index (χ4v) is 2.67. The smallest absolute Gasteiger partial charge is 0.408 e. The first-order chi connectivity index (χ1) is 10.3. The van der Waals surface area contributed by atoms with Crippen molar-refractivity contribution in [3.63, 3.8) is 0 Å². The number of nitrogens with zero attached hydrogens (tertiary/aromatic N) is 1. The van der Waals surface area contributed by atoms with Gasteiger partial charge in [-0.2, -0.15) is 0 Å². The van der Waals surface area contributed by atoms with Crippen molar-refractivity contribution in [2.24, 2.45) is 0 Å². The first-order valence-electron chi connectivity index (χ1n) is 7.65. The van der Waals surface area contributed by atoms with Crippen molar-refractivity contribution >= 4 is 6.09 Å². The lowest BCUT2D eigenvalue weighted by molar-refractivity contribution is 0.112. The predicted octanol–water partition coefficient (Wildman–Crippen LogP) is 3.13. The standard InChI is InChI=1S/C17H25FN2O2/c1-16(2,3)20-10-9-17(12-18,13-20)19-15(21)22-11-14-7-5-4-6-8-14/h4-8H,9-13H2,1-3H3,(H,19,21). The molecular weight excluding hydrogens is 283 g/mol. The molecule has 4 nitrogen and oxygen atoms in total. The molecule has 1 aliphatic rings. The summed E-state index contributed by atoms with van der Waals surface area (Å²) in [5.41, 5.74) is 0.0443. The summed E-state index contributed by atoms with van der Waals surface area (Å²) in [4.78, 5) is 14.2. The molecule has 1 amide bonds. The van der Waals surface area contributed by atoms with Crippen LogP contribution in [0.4, 0.5) is 9.18 Å². The summed E-state index contributed by atoms with van der Waals surface area (Å²) in [5, 5.41) is 2.74. The number of nitrogens with one attached hydrogen (secondary N) is 1. The van der Waals surface area contributed by atoms with E-state index in [1.807, 2.05) is 30.3 Å². The summed E-state index contributed by atoms with van der Waals surface area (Å²) < 4.78 is 18.7. The summed E-state index contributed by atoms with van der Waals surface area (Å²) in [6, 6.07) is 9.45. The topological polar surface area (TPSA) is 41.6 Å². The number of carbonyl (C=O) groups is 1. The third kappa shape index (κ3) is 4.19. The minimum atomic E-state index is -0.832. The molecule has 1 heterocycles. The van der Waals surface area contributed by atoms with E-state index in [0.717, 1.165) is 12.1 Å². The quantitative estimate of drug-likeness (QED) is 0.929. The molecule has 0 saturated carbocycles. The molecule has 1 fully saturated rings. The van der Waals surface area contributed by atoms with Crippen LogP contribution >= 0.6 is 0 Å². The molecule has 1 aromatic rings. The largest absolute Gasteiger partial charge is 0.445 e. The Kier molecular flexibility index (Phi) is 5.06. The second-order valence-corrected chi connectivity index (χ2v) is 6.94. The van der Waals surface area contributed by atoms with E-state index in [-0.39, 0.29) is 12.1 Å². The Balaban J connectivity index is 1.89. The van der Waals surface area contributed by atoms with E-state index in [9.17, 15) is 9.18 Å². The van der Waals surface area contributed by atoms with Crippen LogP contribution in [0.5, 0.6) is 0 Å². The van der Waals surface area contributed by atoms with Gasteiger partial charge in [-0.1, -0.05) is 30.3 Å². The Morgan fingerprint density at radius 3 is 2.59 bits per heavy atom. The molecule has 2 rings (SSSR count). The van der Waals surface area contributed by atoms with Gasteiger partial charge in [0, 0.05) is 18.6 Å². The van der Waals surface area contributed by atoms with Gasteiger partial charge in [-0.25, -0.2) is 9.18 Å². The summed E-state index contributed by atoms with van der Waals surface area (Å²) in [7, 11) is 0. The van der Waals surface area contributed by atoms with Gasteiger partial charge in [0.2, 0.25) is 0 Å². The van der Waals surface area contributed by atoms with Gasteiger partial charge in [-0.15, -0.1) is 0 Å². The molecule has 0 radical (unpaired) electrons. The zero-order valence-electron chi connectivity index (χ0n) is 13.6. The lowest BCUT2D eigenvalue weighted by Gasteiger charge is -2.34. The molecule has 1 saturated heterocycles. The van der Waals surface area contributed by atoms with E-state index in [4.69, 9.17) is 4.74 Å². The summed E-state index contributed by atoms with van der Waals surface area (Å²) in [6.07, 6.45) is 0.0403. The first kappa shape index (κ1) is 16.7. The van der Waals surface area contributed by atoms with E-state index in [1.165, 1.54) is 0 Å². The minimum absolute atomic E-state index is 0.0352. The molecule has 1 aliphatic heterocycles. The molecule has 1 N–H and O–H groups in total. The molecule has 1 aromatic carbocycles. The number of hydrogen-bond donors (Lipinski definition) is 1. The van der Waals surface area contributed by atoms with Crippen LogP contribution in [-0.2, 0) is 11.3 Å². The fourth-order valence-electron chi connectivity index (χ4n) is 2.67. The van der Waals surface area contributed by atoms with E-state index in [0.29, 0.717) is 13.0 Å². The van der Waals surface area contributed by atoms with Gasteiger partial charge >= 0.3 is 6.09 Å². The van der Waals surface area contributed by atoms with Crippen LogP contribution in [0.15, 0.2) is 30.3 Å². The molecule has 1 unspecified atom stereocenters. The van der Waals surface area contributed by atoms with Crippen molar-refractivity contribution in [2.45, 2.75) is 44.9 Å². The number of benzene rings is 1. The van der Waals surface area contributed by atoms with E-state index >= 15 is 0 Å². The summed E-state index contributed by atoms with van der Waals surface area (Å²) >= 11 is 0. The van der Waals surface area contributed by atoms with Crippen LogP contribution in [0.3, 0.4) is 0 Å². The van der Waals surface area contributed by atoms with Gasteiger partial charge in [0.05, 0.1) is 5.54 Å². The number of carbonyl (C=O) groups excluding carboxylic acids is 1. The number of amides is 1. The van der Waals surface area contributed by atoms with Crippen molar-refractivity contribution in [3.8, 4) is 0 Å². The van der Waals surface area contributed by atoms with Crippen molar-refractivity contribution in [1.29, 1.82) is 0 Å². The Labute approximate surface area is 131 Å². The fraction of sp³-hybridized carbons (Fsp3) is 0.588. The van der Waals surface area contributed by atoms with Crippen LogP contribution in [0.1, 0.15) is 32.8 Å². The van der Waals surface area contributed by atoms with Crippen molar-refractivity contribution in [3.05, 3.63) is 35.9 Å². The summed E-state index contributed by atoms with van der Waals surface area (Å²) in [6.45, 7) is 7.16. The Morgan fingerprint density at radius 1 is 1.36 bits per heavy atom. The number of halogens is 1. The average Bonchev–Trinajstić information content (AvgIpc) is 2.91. The average molecular weight is 308 g/mol. The van der Waals surface area contributed by atoms with Crippen LogP contribution in [0.2, 0.25) is 0 Å². The van der Waals surface area contributed by atoms with Gasteiger partial charge in [0.25, 0.3) is 0 Å². The van der Waals surface area contributed by atoms with E-state index in [2.05, 4.69) is 31.0 Å². The van der Waals surface area contributed by atoms with Gasteiger partial charge in [0.1, 0.15) is 13.3 Å². The van der Waals surface area contributed by atoms with Gasteiger partial charge < -0.3 is 10.1 Å². The third-order valence-electron chi connectivity index (χ3n) is 4.14. The molecule has 1 atom stereocenters. The normalized spacial score (nSPS) is 22.5. The van der Waals surface area contributed by atoms with Gasteiger partial charge in [-0.3, -0.25) is 4.90 Å². The molecule has 0 aliphatic carbocycles. The molecular formula is C17H25FN2O2. The van der Waals surface area contributed by atoms with Gasteiger partial charge in [-0.05, 0) is 32.8 Å². The van der Waals surface area contributed by atoms with E-state index in [1.54, 1.807) is 0 Å². The molecule has 5 heteroatoms. The number of rotatable bonds is 4. The number of alkyl halides is 1. The second kappa shape index (κ2) is 6.65. The maximum Gasteiger partial charge on any atom is 0.408 e. The highest BCUT2D eigenvalue weighted by Gasteiger charge is 2.43. The minimum Gasteiger partial charge on any atom is -0.445 e. The van der Waals surface area contributed by atoms with Gasteiger partial charge in [0.15, 0.2) is 0 Å². The van der Waals surface area contributed by atoms with Crippen LogP contribution in [0, 0.1) is 0 Å². The zero-order valence-corrected chi connectivity index (χ0v) is 13.6. The van der Waals surface area contributed by atoms with Crippen molar-refractivity contribution in [2.75, 3.05) is 19.8 Å². The number of alkyl carbamates (subject to hydrolysis) is 1. The molecule has 22 heavy (non-hydrogen) atoms. The summed E-state index contributed by atoms with van der Waals surface area (Å²) in [5.74, 6) is 0. The van der Waals surface area contributed by atoms with Crippen LogP contribution in [0.25, 0.3) is 0 Å². The Hall–Kier alpha value is -1.62. The molecule has 0 bridgehead atoms. The zero-order chi connectivity index (χ0) is 16.2. The van der Waals surface area contributed by atoms with E-state index < -0.39 is 18.3 Å². The number of ether oxygens (including phenoxy) is 1. The first-order valence-corrected chi connectivity index (χ1v) is 7.65. The SMILES string of the molecule is CC(C)(C)N1CCC(CF)(NC(=O)OCc2ccccc2)C1. The maximum atomic E-state index is 13.5. The maximum absolute atomic E-state index is 13.5. The lowest BCUT2D eigenvalue weighted by Crippen LogP contribution is -2.54. The predicted molar refractivity (Wildman–Crippen MR) is 84.4 cm³/mol. The van der Waals surface area contributed by atoms with Crippen molar-refractivity contribution < 1.29 is 13.9 Å². The highest BCUT2D eigenvalue weighted by Crippen LogP contribution is 2.28. The molecule has 122 valence electrons. The van der Waals surface area contributed by atoms with Crippen LogP contribution in [-0.4, -0.2) is 41.8 Å². The monoisotopic (exact) mass is 308 g/mol. The highest BCUT2D eigenvalue weighted by molar-refractivity contribution is 5.68. The number of likely N-dealkylation sites (tertiary alicyclic amines) is 1. The van der Waals surface area contributed by atoms with Crippen LogP contribution < -0.4 is 5.32 Å². The Bertz CT molecular complexity index is 501. The highest BCUT2D eigenvalue weighted by atomic mass is 19.1. The van der Waals surface area contributed by atoms with Crippen molar-refractivity contribution in [1.82, 2.24) is 10.2 Å². The Morgan fingerprint density at radius 2 is 2.05 bits per heavy atom. The lowest BCUT2D eigenvalue weighted by atomic mass is 10.0. The molecule has 0 spiro atoms. The third-order valence-corrected chi connectivity index (χ3v) is 4.14. The second-order valence-electron chi connectivity index (χ2n) is 6.94.